The van der Waals surface area contributed by atoms with Crippen molar-refractivity contribution >= 4 is 57.0 Å². The molecule has 1 aliphatic carbocycles. The van der Waals surface area contributed by atoms with Gasteiger partial charge >= 0.3 is 57.1 Å². The molecule has 3 aromatic heterocycles. The van der Waals surface area contributed by atoms with Crippen LogP contribution in [0.15, 0.2) is 74.9 Å². The quantitative estimate of drug-likeness (QED) is 0.213. The molecule has 0 saturated heterocycles. The van der Waals surface area contributed by atoms with Gasteiger partial charge in [0.1, 0.15) is 5.65 Å². The first kappa shape index (κ1) is 33.7. The molecule has 0 spiro atoms. The maximum atomic E-state index is 14.3. The second-order valence-corrected chi connectivity index (χ2v) is 12.4. The number of fused-ring (bicyclic) bond motifs is 1. The summed E-state index contributed by atoms with van der Waals surface area (Å²) in [7, 11) is 0. The molecule has 1 aliphatic rings. The molecule has 0 atom stereocenters. The third kappa shape index (κ3) is 7.51. The van der Waals surface area contributed by atoms with Crippen molar-refractivity contribution in [3.8, 4) is 22.5 Å². The van der Waals surface area contributed by atoms with Crippen molar-refractivity contribution in [3.05, 3.63) is 98.5 Å². The number of H-pyrrole nitrogens is 1. The van der Waals surface area contributed by atoms with Crippen LogP contribution in [-0.2, 0) is 17.6 Å². The Bertz CT molecular complexity index is 1860. The van der Waals surface area contributed by atoms with Crippen molar-refractivity contribution in [1.29, 1.82) is 0 Å². The van der Waals surface area contributed by atoms with Crippen LogP contribution in [0.4, 0.5) is 0 Å². The zero-order valence-corrected chi connectivity index (χ0v) is 25.5. The van der Waals surface area contributed by atoms with E-state index in [4.69, 9.17) is 9.26 Å². The van der Waals surface area contributed by atoms with Crippen LogP contribution >= 0.6 is 0 Å². The Hall–Kier alpha value is -2.64. The van der Waals surface area contributed by atoms with Crippen LogP contribution in [0.25, 0.3) is 28.2 Å². The third-order valence-electron chi connectivity index (χ3n) is 8.39. The molecule has 0 radical (unpaired) electrons. The Balaban J connectivity index is 0.00000400. The Morgan fingerprint density at radius 1 is 1.02 bits per heavy atom. The SMILES string of the molecule is CCCc1c(Cc2ccc(-c3ccccc3-c3noc(=O)[nH]3)cc2)c(=O)n([C@H]2CC[C@H](OCC(C)(C)O)CC2)c2ccnn12.[KH]. The van der Waals surface area contributed by atoms with Gasteiger partial charge in [-0.3, -0.25) is 18.9 Å². The summed E-state index contributed by atoms with van der Waals surface area (Å²) < 4.78 is 14.6. The predicted octanol–water partition coefficient (Wildman–Crippen LogP) is 4.67. The summed E-state index contributed by atoms with van der Waals surface area (Å²) in [5.74, 6) is -0.218. The van der Waals surface area contributed by atoms with E-state index in [1.54, 1.807) is 20.0 Å². The number of nitrogens with zero attached hydrogens (tertiary/aromatic N) is 4. The van der Waals surface area contributed by atoms with Gasteiger partial charge in [-0.15, -0.1) is 0 Å². The van der Waals surface area contributed by atoms with E-state index < -0.39 is 11.4 Å². The maximum absolute atomic E-state index is 14.3. The van der Waals surface area contributed by atoms with Gasteiger partial charge in [0, 0.05) is 29.7 Å². The van der Waals surface area contributed by atoms with Gasteiger partial charge in [-0.05, 0) is 62.6 Å². The minimum atomic E-state index is -0.861. The number of rotatable bonds is 10. The first-order chi connectivity index (χ1) is 21.2. The summed E-state index contributed by atoms with van der Waals surface area (Å²) in [5, 5.41) is 18.6. The van der Waals surface area contributed by atoms with Gasteiger partial charge in [0.15, 0.2) is 5.82 Å². The Morgan fingerprint density at radius 2 is 1.73 bits per heavy atom. The normalized spacial score (nSPS) is 17.0. The monoisotopic (exact) mass is 637 g/mol. The molecule has 5 aromatic rings. The van der Waals surface area contributed by atoms with Crippen LogP contribution in [0.5, 0.6) is 0 Å². The number of hydrogen-bond acceptors (Lipinski definition) is 7. The second-order valence-electron chi connectivity index (χ2n) is 12.4. The number of aliphatic hydroxyl groups is 1. The molecule has 0 aliphatic heterocycles. The van der Waals surface area contributed by atoms with E-state index >= 15 is 0 Å². The fourth-order valence-corrected chi connectivity index (χ4v) is 6.30. The molecule has 11 heteroatoms. The molecule has 10 nitrogen and oxygen atoms in total. The fraction of sp³-hybridized carbons (Fsp3) is 0.412. The van der Waals surface area contributed by atoms with Crippen LogP contribution in [0.2, 0.25) is 0 Å². The van der Waals surface area contributed by atoms with Crippen LogP contribution in [0.3, 0.4) is 0 Å². The zero-order chi connectivity index (χ0) is 30.8. The van der Waals surface area contributed by atoms with Crippen molar-refractivity contribution in [2.24, 2.45) is 0 Å². The van der Waals surface area contributed by atoms with E-state index in [1.807, 2.05) is 51.5 Å². The van der Waals surface area contributed by atoms with E-state index in [0.717, 1.165) is 77.7 Å². The first-order valence-electron chi connectivity index (χ1n) is 15.4. The van der Waals surface area contributed by atoms with Crippen LogP contribution in [-0.4, -0.2) is 99.1 Å². The van der Waals surface area contributed by atoms with E-state index in [1.165, 1.54) is 0 Å². The standard InChI is InChI=1S/C34H39N5O5.K.H/c1-4-7-29-28(20-22-10-12-23(13-11-22)26-8-5-6-9-27(26)31-36-33(41)44-37-31)32(40)38(30-18-19-35-39(29)30)24-14-16-25(17-15-24)43-21-34(2,3)42;;/h5-6,8-13,18-19,24-25,42H,4,7,14-17,20-21H2,1-3H3,(H,36,37,41);;/t24-,25-;;. The fourth-order valence-electron chi connectivity index (χ4n) is 6.30. The number of aryl methyl sites for hydroxylation is 1. The number of ether oxygens (including phenoxy) is 1. The molecule has 3 heterocycles. The van der Waals surface area contributed by atoms with Gasteiger partial charge in [0.2, 0.25) is 0 Å². The van der Waals surface area contributed by atoms with Crippen LogP contribution < -0.4 is 11.3 Å². The summed E-state index contributed by atoms with van der Waals surface area (Å²) >= 11 is 0. The molecule has 45 heavy (non-hydrogen) atoms. The Labute approximate surface area is 304 Å². The van der Waals surface area contributed by atoms with Gasteiger partial charge in [0.25, 0.3) is 5.56 Å². The van der Waals surface area contributed by atoms with Gasteiger partial charge in [0.05, 0.1) is 30.2 Å². The third-order valence-corrected chi connectivity index (χ3v) is 8.39. The van der Waals surface area contributed by atoms with Crippen molar-refractivity contribution in [3.63, 3.8) is 0 Å². The van der Waals surface area contributed by atoms with Gasteiger partial charge in [-0.2, -0.15) is 5.10 Å². The average molecular weight is 638 g/mol. The van der Waals surface area contributed by atoms with Crippen LogP contribution in [0, 0.1) is 0 Å². The van der Waals surface area contributed by atoms with Gasteiger partial charge in [-0.25, -0.2) is 9.31 Å². The summed E-state index contributed by atoms with van der Waals surface area (Å²) in [6.07, 6.45) is 7.34. The van der Waals surface area contributed by atoms with Crippen molar-refractivity contribution in [1.82, 2.24) is 24.3 Å². The van der Waals surface area contributed by atoms with E-state index in [2.05, 4.69) is 34.3 Å². The van der Waals surface area contributed by atoms with Crippen molar-refractivity contribution in [2.45, 2.75) is 83.5 Å². The van der Waals surface area contributed by atoms with Crippen molar-refractivity contribution < 1.29 is 14.4 Å². The van der Waals surface area contributed by atoms with Gasteiger partial charge < -0.3 is 9.84 Å². The van der Waals surface area contributed by atoms with Crippen molar-refractivity contribution in [2.75, 3.05) is 6.61 Å². The molecule has 2 N–H and O–H groups in total. The van der Waals surface area contributed by atoms with E-state index in [0.29, 0.717) is 18.9 Å². The molecule has 1 fully saturated rings. The molecule has 6 rings (SSSR count). The number of aromatic nitrogens is 5. The summed E-state index contributed by atoms with van der Waals surface area (Å²) in [4.78, 5) is 28.5. The second kappa shape index (κ2) is 14.4. The molecular formula is C34H40KN5O5. The molecule has 0 bridgehead atoms. The zero-order valence-electron chi connectivity index (χ0n) is 25.5. The number of hydrogen-bond donors (Lipinski definition) is 2. The predicted molar refractivity (Wildman–Crippen MR) is 175 cm³/mol. The molecule has 232 valence electrons. The number of benzene rings is 2. The molecule has 0 amide bonds. The Morgan fingerprint density at radius 3 is 2.38 bits per heavy atom. The summed E-state index contributed by atoms with van der Waals surface area (Å²) in [5.41, 5.74) is 5.43. The molecular weight excluding hydrogens is 598 g/mol. The topological polar surface area (TPSA) is 128 Å². The number of aromatic amines is 1. The summed E-state index contributed by atoms with van der Waals surface area (Å²) in [6.45, 7) is 5.92. The molecule has 1 saturated carbocycles. The van der Waals surface area contributed by atoms with Crippen LogP contribution in [0.1, 0.15) is 75.7 Å². The first-order valence-corrected chi connectivity index (χ1v) is 15.4. The molecule has 0 unspecified atom stereocenters. The van der Waals surface area contributed by atoms with Gasteiger partial charge in [-0.1, -0.05) is 67.0 Å². The number of nitrogens with one attached hydrogen (secondary N) is 1. The summed E-state index contributed by atoms with van der Waals surface area (Å²) in [6, 6.07) is 17.9. The minimum absolute atomic E-state index is 0. The van der Waals surface area contributed by atoms with E-state index in [-0.39, 0.29) is 69.1 Å². The molecule has 2 aromatic carbocycles. The average Bonchev–Trinajstić information content (AvgIpc) is 3.68. The Kier molecular flexibility index (Phi) is 10.8. The van der Waals surface area contributed by atoms with E-state index in [9.17, 15) is 14.7 Å².